The monoisotopic (exact) mass is 318 g/mol. The number of aliphatic hydroxyl groups excluding tert-OH is 2. The number of fused-ring (bicyclic) bond motifs is 1. The van der Waals surface area contributed by atoms with E-state index in [2.05, 4.69) is 26.5 Å². The first kappa shape index (κ1) is 17.2. The molecule has 0 bridgehead atoms. The van der Waals surface area contributed by atoms with Gasteiger partial charge in [-0.25, -0.2) is 0 Å². The summed E-state index contributed by atoms with van der Waals surface area (Å²) in [5.41, 5.74) is 1.83. The van der Waals surface area contributed by atoms with Crippen LogP contribution in [0.3, 0.4) is 0 Å². The fourth-order valence-corrected chi connectivity index (χ4v) is 5.64. The van der Waals surface area contributed by atoms with Gasteiger partial charge >= 0.3 is 0 Å². The van der Waals surface area contributed by atoms with Gasteiger partial charge in [-0.1, -0.05) is 38.5 Å². The third-order valence-corrected chi connectivity index (χ3v) is 6.98. The molecule has 6 atom stereocenters. The van der Waals surface area contributed by atoms with Crippen LogP contribution in [0, 0.1) is 29.6 Å². The normalized spacial score (nSPS) is 41.3. The SMILES string of the molecule is C=C1[C@H](O)CC(=CCC2CCC[C@@H]3[C@@H](C(C)C)CC[C@@H]23)C[C@H]1O. The zero-order valence-corrected chi connectivity index (χ0v) is 14.9. The molecule has 3 saturated carbocycles. The Morgan fingerprint density at radius 1 is 1.04 bits per heavy atom. The number of aliphatic hydroxyl groups is 2. The molecule has 0 spiro atoms. The lowest BCUT2D eigenvalue weighted by Gasteiger charge is -2.37. The quantitative estimate of drug-likeness (QED) is 0.754. The summed E-state index contributed by atoms with van der Waals surface area (Å²) >= 11 is 0. The van der Waals surface area contributed by atoms with E-state index in [1.165, 1.54) is 37.7 Å². The van der Waals surface area contributed by atoms with Crippen LogP contribution in [0.4, 0.5) is 0 Å². The third-order valence-electron chi connectivity index (χ3n) is 6.98. The van der Waals surface area contributed by atoms with Gasteiger partial charge in [0.15, 0.2) is 0 Å². The predicted molar refractivity (Wildman–Crippen MR) is 95.0 cm³/mol. The van der Waals surface area contributed by atoms with Crippen LogP contribution in [0.5, 0.6) is 0 Å². The van der Waals surface area contributed by atoms with Crippen molar-refractivity contribution in [1.29, 1.82) is 0 Å². The maximum absolute atomic E-state index is 10.0. The Kier molecular flexibility index (Phi) is 5.32. The zero-order chi connectivity index (χ0) is 16.6. The maximum Gasteiger partial charge on any atom is 0.0809 e. The second-order valence-corrected chi connectivity index (χ2v) is 8.62. The third kappa shape index (κ3) is 3.58. The zero-order valence-electron chi connectivity index (χ0n) is 14.9. The Morgan fingerprint density at radius 3 is 2.39 bits per heavy atom. The highest BCUT2D eigenvalue weighted by Gasteiger charge is 2.42. The van der Waals surface area contributed by atoms with Gasteiger partial charge in [0.05, 0.1) is 12.2 Å². The molecule has 0 saturated heterocycles. The number of rotatable bonds is 3. The maximum atomic E-state index is 10.0. The van der Waals surface area contributed by atoms with Gasteiger partial charge < -0.3 is 10.2 Å². The van der Waals surface area contributed by atoms with Gasteiger partial charge in [-0.2, -0.15) is 0 Å². The highest BCUT2D eigenvalue weighted by Crippen LogP contribution is 2.52. The standard InChI is InChI=1S/C21H34O2/c1-13(2)17-9-10-18-16(5-4-6-19(17)18)8-7-15-11-20(22)14(3)21(23)12-15/h7,13,16-23H,3-6,8-12H2,1-2H3/t16?,17-,18+,19-,20-,21-/m1/s1. The van der Waals surface area contributed by atoms with Crippen molar-refractivity contribution in [2.45, 2.75) is 77.4 Å². The van der Waals surface area contributed by atoms with Crippen molar-refractivity contribution in [3.63, 3.8) is 0 Å². The van der Waals surface area contributed by atoms with Crippen molar-refractivity contribution in [2.24, 2.45) is 29.6 Å². The molecule has 0 aromatic rings. The Hall–Kier alpha value is -0.600. The molecule has 3 rings (SSSR count). The highest BCUT2D eigenvalue weighted by molar-refractivity contribution is 5.23. The van der Waals surface area contributed by atoms with Crippen LogP contribution in [0.15, 0.2) is 23.8 Å². The van der Waals surface area contributed by atoms with Gasteiger partial charge in [0.25, 0.3) is 0 Å². The molecule has 130 valence electrons. The Labute approximate surface area is 141 Å². The summed E-state index contributed by atoms with van der Waals surface area (Å²) in [5, 5.41) is 20.0. The molecule has 3 fully saturated rings. The van der Waals surface area contributed by atoms with Crippen LogP contribution >= 0.6 is 0 Å². The molecule has 0 radical (unpaired) electrons. The van der Waals surface area contributed by atoms with E-state index in [4.69, 9.17) is 0 Å². The van der Waals surface area contributed by atoms with Gasteiger partial charge in [0.2, 0.25) is 0 Å². The first-order chi connectivity index (χ1) is 11.0. The summed E-state index contributed by atoms with van der Waals surface area (Å²) in [6, 6.07) is 0. The summed E-state index contributed by atoms with van der Waals surface area (Å²) in [6.45, 7) is 8.60. The summed E-state index contributed by atoms with van der Waals surface area (Å²) in [6.07, 6.45) is 10.8. The van der Waals surface area contributed by atoms with Gasteiger partial charge in [-0.05, 0) is 80.1 Å². The first-order valence-corrected chi connectivity index (χ1v) is 9.70. The molecule has 3 aliphatic rings. The fourth-order valence-electron chi connectivity index (χ4n) is 5.64. The van der Waals surface area contributed by atoms with E-state index >= 15 is 0 Å². The first-order valence-electron chi connectivity index (χ1n) is 9.70. The molecular formula is C21H34O2. The van der Waals surface area contributed by atoms with E-state index in [9.17, 15) is 10.2 Å². The van der Waals surface area contributed by atoms with Crippen molar-refractivity contribution >= 4 is 0 Å². The van der Waals surface area contributed by atoms with Crippen LogP contribution in [-0.2, 0) is 0 Å². The molecule has 0 aliphatic heterocycles. The average Bonchev–Trinajstić information content (AvgIpc) is 2.95. The molecule has 3 aliphatic carbocycles. The minimum atomic E-state index is -0.555. The number of hydrogen-bond donors (Lipinski definition) is 2. The molecule has 1 unspecified atom stereocenters. The van der Waals surface area contributed by atoms with Gasteiger partial charge in [-0.3, -0.25) is 0 Å². The Morgan fingerprint density at radius 2 is 1.74 bits per heavy atom. The molecule has 23 heavy (non-hydrogen) atoms. The fraction of sp³-hybridized carbons (Fsp3) is 0.810. The molecule has 2 heteroatoms. The van der Waals surface area contributed by atoms with E-state index in [0.29, 0.717) is 18.4 Å². The van der Waals surface area contributed by atoms with Crippen molar-refractivity contribution < 1.29 is 10.2 Å². The molecule has 0 amide bonds. The van der Waals surface area contributed by atoms with E-state index in [1.54, 1.807) is 0 Å². The molecule has 2 N–H and O–H groups in total. The molecule has 0 aromatic carbocycles. The molecule has 2 nitrogen and oxygen atoms in total. The lowest BCUT2D eigenvalue weighted by Crippen LogP contribution is -2.29. The van der Waals surface area contributed by atoms with E-state index in [-0.39, 0.29) is 0 Å². The van der Waals surface area contributed by atoms with Crippen LogP contribution < -0.4 is 0 Å². The van der Waals surface area contributed by atoms with Crippen LogP contribution in [0.2, 0.25) is 0 Å². The summed E-state index contributed by atoms with van der Waals surface area (Å²) in [5.74, 6) is 4.47. The average molecular weight is 319 g/mol. The number of allylic oxidation sites excluding steroid dienone is 1. The molecule has 0 heterocycles. The van der Waals surface area contributed by atoms with Gasteiger partial charge in [0.1, 0.15) is 0 Å². The Balaban J connectivity index is 1.62. The van der Waals surface area contributed by atoms with Crippen molar-refractivity contribution in [2.75, 3.05) is 0 Å². The van der Waals surface area contributed by atoms with E-state index < -0.39 is 12.2 Å². The minimum Gasteiger partial charge on any atom is -0.388 e. The van der Waals surface area contributed by atoms with E-state index in [0.717, 1.165) is 36.0 Å². The smallest absolute Gasteiger partial charge is 0.0809 e. The van der Waals surface area contributed by atoms with Gasteiger partial charge in [0, 0.05) is 0 Å². The molecular weight excluding hydrogens is 284 g/mol. The van der Waals surface area contributed by atoms with Crippen LogP contribution in [-0.4, -0.2) is 22.4 Å². The minimum absolute atomic E-state index is 0.555. The second kappa shape index (κ2) is 7.11. The van der Waals surface area contributed by atoms with Crippen LogP contribution in [0.25, 0.3) is 0 Å². The predicted octanol–water partition coefficient (Wildman–Crippen LogP) is 4.47. The summed E-state index contributed by atoms with van der Waals surface area (Å²) < 4.78 is 0. The lowest BCUT2D eigenvalue weighted by molar-refractivity contribution is 0.121. The lowest BCUT2D eigenvalue weighted by atomic mass is 9.68. The number of hydrogen-bond acceptors (Lipinski definition) is 2. The van der Waals surface area contributed by atoms with Crippen molar-refractivity contribution in [1.82, 2.24) is 0 Å². The van der Waals surface area contributed by atoms with Gasteiger partial charge in [-0.15, -0.1) is 0 Å². The van der Waals surface area contributed by atoms with Crippen LogP contribution in [0.1, 0.15) is 65.2 Å². The highest BCUT2D eigenvalue weighted by atomic mass is 16.3. The molecule has 0 aromatic heterocycles. The summed E-state index contributed by atoms with van der Waals surface area (Å²) in [4.78, 5) is 0. The Bertz CT molecular complexity index is 448. The van der Waals surface area contributed by atoms with Crippen molar-refractivity contribution in [3.05, 3.63) is 23.8 Å². The topological polar surface area (TPSA) is 40.5 Å². The second-order valence-electron chi connectivity index (χ2n) is 8.62. The van der Waals surface area contributed by atoms with Crippen molar-refractivity contribution in [3.8, 4) is 0 Å². The van der Waals surface area contributed by atoms with E-state index in [1.807, 2.05) is 0 Å². The largest absolute Gasteiger partial charge is 0.388 e. The summed E-state index contributed by atoms with van der Waals surface area (Å²) in [7, 11) is 0.